The molecule has 0 saturated heterocycles. The Morgan fingerprint density at radius 1 is 0.962 bits per heavy atom. The van der Waals surface area contributed by atoms with E-state index in [4.69, 9.17) is 0 Å². The van der Waals surface area contributed by atoms with E-state index in [1.807, 2.05) is 48.5 Å². The third-order valence-electron chi connectivity index (χ3n) is 3.59. The van der Waals surface area contributed by atoms with Gasteiger partial charge >= 0.3 is 6.03 Å². The molecule has 0 aliphatic carbocycles. The van der Waals surface area contributed by atoms with Crippen LogP contribution in [-0.4, -0.2) is 26.2 Å². The molecule has 0 aliphatic rings. The number of hydrogen-bond acceptors (Lipinski definition) is 5. The molecule has 26 heavy (non-hydrogen) atoms. The zero-order chi connectivity index (χ0) is 17.8. The van der Waals surface area contributed by atoms with E-state index in [2.05, 4.69) is 30.8 Å². The van der Waals surface area contributed by atoms with E-state index in [0.717, 1.165) is 10.4 Å². The molecule has 7 nitrogen and oxygen atoms in total. The van der Waals surface area contributed by atoms with Crippen molar-refractivity contribution in [2.24, 2.45) is 0 Å². The third-order valence-corrected chi connectivity index (χ3v) is 4.55. The van der Waals surface area contributed by atoms with E-state index in [0.29, 0.717) is 22.2 Å². The summed E-state index contributed by atoms with van der Waals surface area (Å²) in [7, 11) is 0. The first-order valence-electron chi connectivity index (χ1n) is 7.83. The van der Waals surface area contributed by atoms with Crippen molar-refractivity contribution in [2.45, 2.75) is 0 Å². The number of aromatic nitrogens is 4. The topological polar surface area (TPSA) is 95.6 Å². The lowest BCUT2D eigenvalue weighted by atomic mass is 10.2. The van der Waals surface area contributed by atoms with Crippen LogP contribution in [0.4, 0.5) is 15.6 Å². The molecular weight excluding hydrogens is 348 g/mol. The van der Waals surface area contributed by atoms with Crippen molar-refractivity contribution in [1.82, 2.24) is 20.2 Å². The maximum atomic E-state index is 12.3. The smallest absolute Gasteiger partial charge is 0.304 e. The number of anilines is 2. The Morgan fingerprint density at radius 2 is 1.81 bits per heavy atom. The maximum Gasteiger partial charge on any atom is 0.325 e. The number of benzene rings is 1. The first-order valence-corrected chi connectivity index (χ1v) is 8.65. The van der Waals surface area contributed by atoms with Gasteiger partial charge in [0, 0.05) is 12.4 Å². The van der Waals surface area contributed by atoms with Gasteiger partial charge in [-0.3, -0.25) is 15.4 Å². The maximum absolute atomic E-state index is 12.3. The molecule has 3 N–H and O–H groups in total. The minimum atomic E-state index is -0.391. The Kier molecular flexibility index (Phi) is 4.40. The summed E-state index contributed by atoms with van der Waals surface area (Å²) in [5.41, 5.74) is 2.94. The van der Waals surface area contributed by atoms with Crippen LogP contribution < -0.4 is 10.6 Å². The third kappa shape index (κ3) is 3.45. The number of carbonyl (C=O) groups is 1. The Balaban J connectivity index is 1.46. The molecule has 0 aliphatic heterocycles. The summed E-state index contributed by atoms with van der Waals surface area (Å²) in [6.45, 7) is 0. The fourth-order valence-electron chi connectivity index (χ4n) is 2.41. The Labute approximate surface area is 153 Å². The van der Waals surface area contributed by atoms with Gasteiger partial charge in [0.2, 0.25) is 0 Å². The number of urea groups is 1. The lowest BCUT2D eigenvalue weighted by Gasteiger charge is -2.05. The molecule has 128 valence electrons. The van der Waals surface area contributed by atoms with E-state index >= 15 is 0 Å². The van der Waals surface area contributed by atoms with Crippen molar-refractivity contribution in [3.63, 3.8) is 0 Å². The van der Waals surface area contributed by atoms with Crippen molar-refractivity contribution in [1.29, 1.82) is 0 Å². The van der Waals surface area contributed by atoms with E-state index in [-0.39, 0.29) is 0 Å². The molecule has 1 aromatic carbocycles. The van der Waals surface area contributed by atoms with Crippen molar-refractivity contribution >= 4 is 28.2 Å². The van der Waals surface area contributed by atoms with Gasteiger partial charge < -0.3 is 5.32 Å². The van der Waals surface area contributed by atoms with E-state index in [9.17, 15) is 4.79 Å². The molecule has 3 aromatic heterocycles. The molecule has 2 amide bonds. The number of thiazole rings is 1. The fraction of sp³-hybridized carbons (Fsp3) is 0. The minimum absolute atomic E-state index is 0.391. The first kappa shape index (κ1) is 16.0. The number of pyridine rings is 1. The Bertz CT molecular complexity index is 1010. The summed E-state index contributed by atoms with van der Waals surface area (Å²) in [6.07, 6.45) is 4.97. The van der Waals surface area contributed by atoms with Gasteiger partial charge in [0.05, 0.1) is 22.5 Å². The van der Waals surface area contributed by atoms with Crippen molar-refractivity contribution < 1.29 is 4.79 Å². The molecule has 0 atom stereocenters. The summed E-state index contributed by atoms with van der Waals surface area (Å²) in [6, 6.07) is 15.0. The number of H-pyrrole nitrogens is 1. The number of hydrogen-bond donors (Lipinski definition) is 3. The number of rotatable bonds is 4. The van der Waals surface area contributed by atoms with E-state index in [1.165, 1.54) is 11.3 Å². The van der Waals surface area contributed by atoms with Crippen LogP contribution in [0, 0.1) is 0 Å². The molecule has 0 unspecified atom stereocenters. The largest absolute Gasteiger partial charge is 0.325 e. The summed E-state index contributed by atoms with van der Waals surface area (Å²) < 4.78 is 0. The highest BCUT2D eigenvalue weighted by Gasteiger charge is 2.13. The summed E-state index contributed by atoms with van der Waals surface area (Å²) in [5, 5.41) is 12.9. The van der Waals surface area contributed by atoms with Crippen LogP contribution in [-0.2, 0) is 0 Å². The second kappa shape index (κ2) is 7.16. The molecule has 4 aromatic rings. The second-order valence-electron chi connectivity index (χ2n) is 5.35. The highest BCUT2D eigenvalue weighted by molar-refractivity contribution is 7.19. The highest BCUT2D eigenvalue weighted by atomic mass is 32.1. The molecule has 0 bridgehead atoms. The lowest BCUT2D eigenvalue weighted by molar-refractivity contribution is 0.262. The normalized spacial score (nSPS) is 10.5. The molecule has 0 saturated carbocycles. The van der Waals surface area contributed by atoms with E-state index < -0.39 is 6.03 Å². The number of aromatic amines is 1. The predicted octanol–water partition coefficient (Wildman–Crippen LogP) is 4.24. The summed E-state index contributed by atoms with van der Waals surface area (Å²) in [4.78, 5) is 21.8. The standard InChI is InChI=1S/C18H14N6OS/c25-17(22-14-10-21-24-16(14)13-8-4-5-9-19-13)23-18-20-11-15(26-18)12-6-2-1-3-7-12/h1-11H,(H,21,24)(H2,20,22,23,25). The molecule has 8 heteroatoms. The molecular formula is C18H14N6OS. The lowest BCUT2D eigenvalue weighted by Crippen LogP contribution is -2.19. The quantitative estimate of drug-likeness (QED) is 0.506. The number of nitrogens with zero attached hydrogens (tertiary/aromatic N) is 3. The Hall–Kier alpha value is -3.52. The average Bonchev–Trinajstić information content (AvgIpc) is 3.33. The molecule has 4 rings (SSSR count). The van der Waals surface area contributed by atoms with Crippen LogP contribution in [0.5, 0.6) is 0 Å². The zero-order valence-corrected chi connectivity index (χ0v) is 14.3. The zero-order valence-electron chi connectivity index (χ0n) is 13.5. The van der Waals surface area contributed by atoms with Crippen LogP contribution in [0.3, 0.4) is 0 Å². The minimum Gasteiger partial charge on any atom is -0.304 e. The number of carbonyl (C=O) groups excluding carboxylic acids is 1. The van der Waals surface area contributed by atoms with Crippen LogP contribution in [0.15, 0.2) is 67.1 Å². The highest BCUT2D eigenvalue weighted by Crippen LogP contribution is 2.29. The summed E-state index contributed by atoms with van der Waals surface area (Å²) in [5.74, 6) is 0. The average molecular weight is 362 g/mol. The molecule has 3 heterocycles. The SMILES string of the molecule is O=C(Nc1ncc(-c2ccccc2)s1)Nc1cn[nH]c1-c1ccccn1. The van der Waals surface area contributed by atoms with Gasteiger partial charge in [-0.25, -0.2) is 9.78 Å². The molecule has 0 fully saturated rings. The van der Waals surface area contributed by atoms with Crippen molar-refractivity contribution in [2.75, 3.05) is 10.6 Å². The van der Waals surface area contributed by atoms with Gasteiger partial charge in [-0.1, -0.05) is 47.7 Å². The first-order chi connectivity index (χ1) is 12.8. The second-order valence-corrected chi connectivity index (χ2v) is 6.38. The van der Waals surface area contributed by atoms with E-state index in [1.54, 1.807) is 18.6 Å². The van der Waals surface area contributed by atoms with Crippen LogP contribution in [0.25, 0.3) is 21.8 Å². The monoisotopic (exact) mass is 362 g/mol. The van der Waals surface area contributed by atoms with Gasteiger partial charge in [0.25, 0.3) is 0 Å². The van der Waals surface area contributed by atoms with Gasteiger partial charge in [0.1, 0.15) is 5.69 Å². The van der Waals surface area contributed by atoms with Gasteiger partial charge in [-0.2, -0.15) is 5.10 Å². The number of amides is 2. The van der Waals surface area contributed by atoms with Crippen LogP contribution in [0.2, 0.25) is 0 Å². The van der Waals surface area contributed by atoms with Crippen molar-refractivity contribution in [3.05, 3.63) is 67.1 Å². The van der Waals surface area contributed by atoms with Crippen LogP contribution >= 0.6 is 11.3 Å². The van der Waals surface area contributed by atoms with Gasteiger partial charge in [-0.15, -0.1) is 0 Å². The molecule has 0 spiro atoms. The Morgan fingerprint density at radius 3 is 2.62 bits per heavy atom. The predicted molar refractivity (Wildman–Crippen MR) is 102 cm³/mol. The summed E-state index contributed by atoms with van der Waals surface area (Å²) >= 11 is 1.41. The van der Waals surface area contributed by atoms with Gasteiger partial charge in [0.15, 0.2) is 5.13 Å². The van der Waals surface area contributed by atoms with Crippen molar-refractivity contribution in [3.8, 4) is 21.8 Å². The van der Waals surface area contributed by atoms with Gasteiger partial charge in [-0.05, 0) is 17.7 Å². The fourth-order valence-corrected chi connectivity index (χ4v) is 3.22. The van der Waals surface area contributed by atoms with Crippen LogP contribution in [0.1, 0.15) is 0 Å². The number of nitrogens with one attached hydrogen (secondary N) is 3. The molecule has 0 radical (unpaired) electrons.